The van der Waals surface area contributed by atoms with Crippen molar-refractivity contribution in [3.63, 3.8) is 0 Å². The van der Waals surface area contributed by atoms with Gasteiger partial charge < -0.3 is 10.1 Å². The molecule has 1 aromatic heterocycles. The lowest BCUT2D eigenvalue weighted by atomic mass is 9.95. The van der Waals surface area contributed by atoms with Crippen LogP contribution in [-0.2, 0) is 4.74 Å². The van der Waals surface area contributed by atoms with Crippen molar-refractivity contribution in [3.05, 3.63) is 24.0 Å². The molecule has 1 atom stereocenters. The fourth-order valence-electron chi connectivity index (χ4n) is 2.24. The first-order chi connectivity index (χ1) is 8.65. The van der Waals surface area contributed by atoms with E-state index < -0.39 is 0 Å². The summed E-state index contributed by atoms with van der Waals surface area (Å²) in [6.45, 7) is 3.67. The van der Waals surface area contributed by atoms with Crippen LogP contribution in [0.1, 0.15) is 19.8 Å². The lowest BCUT2D eigenvalue weighted by molar-refractivity contribution is 0.0540. The van der Waals surface area contributed by atoms with Crippen molar-refractivity contribution in [2.75, 3.05) is 18.5 Å². The van der Waals surface area contributed by atoms with Crippen molar-refractivity contribution in [1.82, 2.24) is 4.98 Å². The van der Waals surface area contributed by atoms with Crippen molar-refractivity contribution >= 4 is 26.7 Å². The average molecular weight is 266 g/mol. The van der Waals surface area contributed by atoms with E-state index in [1.54, 1.807) is 17.4 Å². The second-order valence-electron chi connectivity index (χ2n) is 4.97. The minimum atomic E-state index is -0.244. The predicted octanol–water partition coefficient (Wildman–Crippen LogP) is 3.42. The third kappa shape index (κ3) is 2.33. The second-order valence-corrected chi connectivity index (χ2v) is 6.00. The van der Waals surface area contributed by atoms with Gasteiger partial charge >= 0.3 is 0 Å². The maximum atomic E-state index is 13.1. The Bertz CT molecular complexity index is 563. The molecular formula is C13H15FN2OS. The zero-order valence-electron chi connectivity index (χ0n) is 10.2. The fourth-order valence-corrected chi connectivity index (χ4v) is 3.24. The molecule has 0 amide bonds. The van der Waals surface area contributed by atoms with Crippen molar-refractivity contribution in [2.45, 2.75) is 25.3 Å². The van der Waals surface area contributed by atoms with E-state index in [4.69, 9.17) is 4.74 Å². The van der Waals surface area contributed by atoms with Crippen LogP contribution >= 0.6 is 11.3 Å². The van der Waals surface area contributed by atoms with Gasteiger partial charge in [-0.05, 0) is 31.9 Å². The van der Waals surface area contributed by atoms with Crippen LogP contribution in [0.25, 0.3) is 10.2 Å². The first kappa shape index (κ1) is 11.9. The van der Waals surface area contributed by atoms with Gasteiger partial charge in [-0.25, -0.2) is 9.37 Å². The third-order valence-electron chi connectivity index (χ3n) is 3.20. The van der Waals surface area contributed by atoms with Gasteiger partial charge in [-0.1, -0.05) is 11.3 Å². The van der Waals surface area contributed by atoms with Crippen molar-refractivity contribution < 1.29 is 9.13 Å². The number of hydrogen-bond acceptors (Lipinski definition) is 4. The number of nitrogens with zero attached hydrogens (tertiary/aromatic N) is 1. The van der Waals surface area contributed by atoms with Crippen molar-refractivity contribution in [2.24, 2.45) is 0 Å². The van der Waals surface area contributed by atoms with Gasteiger partial charge in [0.2, 0.25) is 0 Å². The van der Waals surface area contributed by atoms with E-state index in [9.17, 15) is 4.39 Å². The van der Waals surface area contributed by atoms with Gasteiger partial charge in [0.1, 0.15) is 5.82 Å². The molecule has 1 N–H and O–H groups in total. The number of hydrogen-bond donors (Lipinski definition) is 1. The Labute approximate surface area is 109 Å². The molecule has 1 aliphatic heterocycles. The zero-order valence-corrected chi connectivity index (χ0v) is 11.0. The maximum absolute atomic E-state index is 13.1. The van der Waals surface area contributed by atoms with Gasteiger partial charge in [0, 0.05) is 12.7 Å². The number of ether oxygens (including phenoxy) is 1. The maximum Gasteiger partial charge on any atom is 0.184 e. The first-order valence-corrected chi connectivity index (χ1v) is 6.88. The summed E-state index contributed by atoms with van der Waals surface area (Å²) in [4.78, 5) is 4.42. The average Bonchev–Trinajstić information content (AvgIpc) is 2.70. The molecule has 1 aromatic carbocycles. The Morgan fingerprint density at radius 1 is 1.50 bits per heavy atom. The van der Waals surface area contributed by atoms with Gasteiger partial charge in [-0.2, -0.15) is 0 Å². The highest BCUT2D eigenvalue weighted by molar-refractivity contribution is 7.22. The molecule has 0 saturated carbocycles. The number of aromatic nitrogens is 1. The standard InChI is InChI=1S/C13H15FN2OS/c1-13(5-2-6-17-8-13)16-12-15-10-7-9(14)3-4-11(10)18-12/h3-4,7H,2,5-6,8H2,1H3,(H,15,16). The quantitative estimate of drug-likeness (QED) is 0.904. The molecule has 3 rings (SSSR count). The van der Waals surface area contributed by atoms with E-state index in [1.165, 1.54) is 12.1 Å². The highest BCUT2D eigenvalue weighted by Crippen LogP contribution is 2.30. The van der Waals surface area contributed by atoms with Crippen LogP contribution in [0.15, 0.2) is 18.2 Å². The molecule has 0 bridgehead atoms. The topological polar surface area (TPSA) is 34.2 Å². The van der Waals surface area contributed by atoms with Gasteiger partial charge in [0.25, 0.3) is 0 Å². The second kappa shape index (κ2) is 4.48. The summed E-state index contributed by atoms with van der Waals surface area (Å²) >= 11 is 1.55. The molecule has 18 heavy (non-hydrogen) atoms. The molecule has 5 heteroatoms. The molecule has 96 valence electrons. The van der Waals surface area contributed by atoms with E-state index in [0.717, 1.165) is 29.3 Å². The highest BCUT2D eigenvalue weighted by Gasteiger charge is 2.28. The number of benzene rings is 1. The lowest BCUT2D eigenvalue weighted by Gasteiger charge is -2.34. The van der Waals surface area contributed by atoms with E-state index in [-0.39, 0.29) is 11.4 Å². The highest BCUT2D eigenvalue weighted by atomic mass is 32.1. The Morgan fingerprint density at radius 3 is 3.17 bits per heavy atom. The molecule has 1 aliphatic rings. The van der Waals surface area contributed by atoms with Crippen LogP contribution in [0.4, 0.5) is 9.52 Å². The van der Waals surface area contributed by atoms with Gasteiger partial charge in [0.15, 0.2) is 5.13 Å². The Morgan fingerprint density at radius 2 is 2.39 bits per heavy atom. The molecule has 0 aliphatic carbocycles. The smallest absolute Gasteiger partial charge is 0.184 e. The number of rotatable bonds is 2. The summed E-state index contributed by atoms with van der Waals surface area (Å²) in [6.07, 6.45) is 2.13. The summed E-state index contributed by atoms with van der Waals surface area (Å²) < 4.78 is 19.6. The van der Waals surface area contributed by atoms with Crippen LogP contribution in [0.2, 0.25) is 0 Å². The van der Waals surface area contributed by atoms with Crippen LogP contribution in [0.3, 0.4) is 0 Å². The fraction of sp³-hybridized carbons (Fsp3) is 0.462. The summed E-state index contributed by atoms with van der Waals surface area (Å²) in [5.41, 5.74) is 0.646. The van der Waals surface area contributed by atoms with Gasteiger partial charge in [-0.3, -0.25) is 0 Å². The Balaban J connectivity index is 1.86. The molecule has 1 unspecified atom stereocenters. The lowest BCUT2D eigenvalue weighted by Crippen LogP contribution is -2.42. The summed E-state index contributed by atoms with van der Waals surface area (Å²) in [6, 6.07) is 4.71. The number of thiazole rings is 1. The van der Waals surface area contributed by atoms with Crippen LogP contribution in [0.5, 0.6) is 0 Å². The molecule has 2 heterocycles. The normalized spacial score (nSPS) is 24.3. The number of nitrogens with one attached hydrogen (secondary N) is 1. The largest absolute Gasteiger partial charge is 0.379 e. The number of fused-ring (bicyclic) bond motifs is 1. The van der Waals surface area contributed by atoms with Gasteiger partial charge in [-0.15, -0.1) is 0 Å². The zero-order chi connectivity index (χ0) is 12.6. The SMILES string of the molecule is CC1(Nc2nc3cc(F)ccc3s2)CCCOC1. The first-order valence-electron chi connectivity index (χ1n) is 6.07. The Hall–Kier alpha value is -1.20. The molecule has 0 radical (unpaired) electrons. The number of halogens is 1. The molecule has 0 spiro atoms. The summed E-state index contributed by atoms with van der Waals surface area (Å²) in [7, 11) is 0. The summed E-state index contributed by atoms with van der Waals surface area (Å²) in [5.74, 6) is -0.244. The van der Waals surface area contributed by atoms with E-state index >= 15 is 0 Å². The monoisotopic (exact) mass is 266 g/mol. The minimum Gasteiger partial charge on any atom is -0.379 e. The minimum absolute atomic E-state index is 0.0648. The molecular weight excluding hydrogens is 251 g/mol. The van der Waals surface area contributed by atoms with E-state index in [0.29, 0.717) is 12.1 Å². The third-order valence-corrected chi connectivity index (χ3v) is 4.15. The predicted molar refractivity (Wildman–Crippen MR) is 71.7 cm³/mol. The molecule has 2 aromatic rings. The van der Waals surface area contributed by atoms with Crippen molar-refractivity contribution in [3.8, 4) is 0 Å². The van der Waals surface area contributed by atoms with Crippen molar-refractivity contribution in [1.29, 1.82) is 0 Å². The van der Waals surface area contributed by atoms with Crippen LogP contribution in [-0.4, -0.2) is 23.7 Å². The van der Waals surface area contributed by atoms with E-state index in [1.807, 2.05) is 0 Å². The number of anilines is 1. The summed E-state index contributed by atoms with van der Waals surface area (Å²) in [5, 5.41) is 4.26. The molecule has 1 saturated heterocycles. The Kier molecular flexibility index (Phi) is 2.95. The van der Waals surface area contributed by atoms with Gasteiger partial charge in [0.05, 0.1) is 22.4 Å². The van der Waals surface area contributed by atoms with Crippen LogP contribution in [0, 0.1) is 5.82 Å². The molecule has 3 nitrogen and oxygen atoms in total. The van der Waals surface area contributed by atoms with E-state index in [2.05, 4.69) is 17.2 Å². The van der Waals surface area contributed by atoms with Crippen LogP contribution < -0.4 is 5.32 Å². The molecule has 1 fully saturated rings.